The van der Waals surface area contributed by atoms with E-state index in [4.69, 9.17) is 15.2 Å². The van der Waals surface area contributed by atoms with Gasteiger partial charge in [0.1, 0.15) is 5.69 Å². The van der Waals surface area contributed by atoms with E-state index < -0.39 is 5.91 Å². The van der Waals surface area contributed by atoms with Crippen molar-refractivity contribution in [3.63, 3.8) is 0 Å². The number of benzene rings is 1. The number of hydrogen-bond acceptors (Lipinski definition) is 6. The lowest BCUT2D eigenvalue weighted by atomic mass is 10.1. The van der Waals surface area contributed by atoms with Crippen LogP contribution in [0.25, 0.3) is 0 Å². The fraction of sp³-hybridized carbons (Fsp3) is 0.316. The molecule has 7 nitrogen and oxygen atoms in total. The third-order valence-electron chi connectivity index (χ3n) is 3.61. The Bertz CT molecular complexity index is 760. The van der Waals surface area contributed by atoms with Crippen LogP contribution in [0.4, 0.5) is 0 Å². The van der Waals surface area contributed by atoms with Crippen LogP contribution in [-0.2, 0) is 6.54 Å². The number of rotatable bonds is 10. The third kappa shape index (κ3) is 5.86. The van der Waals surface area contributed by atoms with Crippen LogP contribution >= 0.6 is 0 Å². The highest BCUT2D eigenvalue weighted by Gasteiger charge is 2.09. The second kappa shape index (κ2) is 9.53. The summed E-state index contributed by atoms with van der Waals surface area (Å²) in [6, 6.07) is 5.68. The zero-order chi connectivity index (χ0) is 18.9. The molecule has 2 aromatic rings. The summed E-state index contributed by atoms with van der Waals surface area (Å²) in [5.74, 6) is 0.715. The molecule has 1 aromatic heterocycles. The number of primary amides is 1. The fourth-order valence-corrected chi connectivity index (χ4v) is 2.26. The SMILES string of the molecule is C=C(C)CCCNCc1ccc(Oc2cnc(C(N)=O)cn2)c(OC)c1. The average molecular weight is 356 g/mol. The van der Waals surface area contributed by atoms with Crippen LogP contribution in [0.1, 0.15) is 35.8 Å². The molecule has 0 aliphatic carbocycles. The molecule has 138 valence electrons. The van der Waals surface area contributed by atoms with E-state index in [0.717, 1.165) is 31.5 Å². The van der Waals surface area contributed by atoms with Crippen molar-refractivity contribution in [3.05, 3.63) is 54.0 Å². The lowest BCUT2D eigenvalue weighted by molar-refractivity contribution is 0.0995. The normalized spacial score (nSPS) is 10.4. The summed E-state index contributed by atoms with van der Waals surface area (Å²) < 4.78 is 11.1. The molecule has 0 spiro atoms. The van der Waals surface area contributed by atoms with Crippen molar-refractivity contribution in [1.29, 1.82) is 0 Å². The highest BCUT2D eigenvalue weighted by Crippen LogP contribution is 2.31. The lowest BCUT2D eigenvalue weighted by Crippen LogP contribution is -2.14. The summed E-state index contributed by atoms with van der Waals surface area (Å²) in [5, 5.41) is 3.39. The Kier molecular flexibility index (Phi) is 7.11. The van der Waals surface area contributed by atoms with Gasteiger partial charge in [0.2, 0.25) is 5.88 Å². The molecule has 0 unspecified atom stereocenters. The number of nitrogens with zero attached hydrogens (tertiary/aromatic N) is 2. The zero-order valence-corrected chi connectivity index (χ0v) is 15.1. The Morgan fingerprint density at radius 3 is 2.69 bits per heavy atom. The Labute approximate surface area is 153 Å². The molecule has 0 bridgehead atoms. The van der Waals surface area contributed by atoms with Gasteiger partial charge in [0, 0.05) is 6.54 Å². The Morgan fingerprint density at radius 2 is 2.08 bits per heavy atom. The van der Waals surface area contributed by atoms with Gasteiger partial charge >= 0.3 is 0 Å². The molecule has 2 rings (SSSR count). The maximum absolute atomic E-state index is 11.0. The van der Waals surface area contributed by atoms with Crippen LogP contribution < -0.4 is 20.5 Å². The predicted octanol–water partition coefficient (Wildman–Crippen LogP) is 2.82. The number of carbonyl (C=O) groups excluding carboxylic acids is 1. The van der Waals surface area contributed by atoms with Crippen molar-refractivity contribution in [3.8, 4) is 17.4 Å². The van der Waals surface area contributed by atoms with Crippen molar-refractivity contribution >= 4 is 5.91 Å². The van der Waals surface area contributed by atoms with Gasteiger partial charge in [0.15, 0.2) is 11.5 Å². The topological polar surface area (TPSA) is 99.4 Å². The second-order valence-electron chi connectivity index (χ2n) is 5.93. The summed E-state index contributed by atoms with van der Waals surface area (Å²) in [5.41, 5.74) is 7.50. The first kappa shape index (κ1) is 19.4. The Hall–Kier alpha value is -2.93. The average Bonchev–Trinajstić information content (AvgIpc) is 2.62. The number of nitrogens with two attached hydrogens (primary N) is 1. The molecular formula is C19H24N4O3. The molecule has 1 heterocycles. The van der Waals surface area contributed by atoms with Gasteiger partial charge < -0.3 is 20.5 Å². The van der Waals surface area contributed by atoms with Crippen LogP contribution in [0.3, 0.4) is 0 Å². The summed E-state index contributed by atoms with van der Waals surface area (Å²) in [4.78, 5) is 18.9. The number of allylic oxidation sites excluding steroid dienone is 1. The largest absolute Gasteiger partial charge is 0.493 e. The molecule has 0 aliphatic heterocycles. The molecule has 0 radical (unpaired) electrons. The number of aromatic nitrogens is 2. The van der Waals surface area contributed by atoms with Gasteiger partial charge in [0.25, 0.3) is 5.91 Å². The molecule has 3 N–H and O–H groups in total. The van der Waals surface area contributed by atoms with Gasteiger partial charge in [-0.15, -0.1) is 6.58 Å². The smallest absolute Gasteiger partial charge is 0.268 e. The summed E-state index contributed by atoms with van der Waals surface area (Å²) in [6.07, 6.45) is 4.70. The highest BCUT2D eigenvalue weighted by molar-refractivity contribution is 5.90. The fourth-order valence-electron chi connectivity index (χ4n) is 2.26. The van der Waals surface area contributed by atoms with Crippen molar-refractivity contribution in [1.82, 2.24) is 15.3 Å². The first-order valence-corrected chi connectivity index (χ1v) is 8.31. The van der Waals surface area contributed by atoms with Crippen molar-refractivity contribution < 1.29 is 14.3 Å². The number of amides is 1. The number of carbonyl (C=O) groups is 1. The molecule has 0 atom stereocenters. The van der Waals surface area contributed by atoms with Crippen LogP contribution in [0.15, 0.2) is 42.7 Å². The summed E-state index contributed by atoms with van der Waals surface area (Å²) in [6.45, 7) is 7.60. The number of nitrogens with one attached hydrogen (secondary N) is 1. The minimum Gasteiger partial charge on any atom is -0.493 e. The molecular weight excluding hydrogens is 332 g/mol. The first-order chi connectivity index (χ1) is 12.5. The quantitative estimate of drug-likeness (QED) is 0.502. The van der Waals surface area contributed by atoms with Crippen LogP contribution in [-0.4, -0.2) is 29.5 Å². The van der Waals surface area contributed by atoms with E-state index in [9.17, 15) is 4.79 Å². The summed E-state index contributed by atoms with van der Waals surface area (Å²) in [7, 11) is 1.58. The van der Waals surface area contributed by atoms with Gasteiger partial charge in [0.05, 0.1) is 19.5 Å². The van der Waals surface area contributed by atoms with Crippen LogP contribution in [0.2, 0.25) is 0 Å². The van der Waals surface area contributed by atoms with E-state index in [1.807, 2.05) is 25.1 Å². The molecule has 0 saturated heterocycles. The molecule has 1 amide bonds. The number of hydrogen-bond donors (Lipinski definition) is 2. The van der Waals surface area contributed by atoms with E-state index in [-0.39, 0.29) is 11.6 Å². The third-order valence-corrected chi connectivity index (χ3v) is 3.61. The van der Waals surface area contributed by atoms with E-state index in [1.54, 1.807) is 7.11 Å². The standard InChI is InChI=1S/C19H24N4O3/c1-13(2)5-4-8-21-10-14-6-7-16(17(9-14)25-3)26-18-12-22-15(11-23-18)19(20)24/h6-7,9,11-12,21H,1,4-5,8,10H2,2-3H3,(H2,20,24). The van der Waals surface area contributed by atoms with Crippen LogP contribution in [0.5, 0.6) is 17.4 Å². The van der Waals surface area contributed by atoms with E-state index in [2.05, 4.69) is 21.9 Å². The van der Waals surface area contributed by atoms with E-state index in [0.29, 0.717) is 11.5 Å². The van der Waals surface area contributed by atoms with Gasteiger partial charge in [-0.05, 0) is 44.0 Å². The monoisotopic (exact) mass is 356 g/mol. The van der Waals surface area contributed by atoms with Crippen molar-refractivity contribution in [2.75, 3.05) is 13.7 Å². The maximum atomic E-state index is 11.0. The van der Waals surface area contributed by atoms with Crippen LogP contribution in [0, 0.1) is 0 Å². The van der Waals surface area contributed by atoms with Crippen molar-refractivity contribution in [2.45, 2.75) is 26.3 Å². The minimum atomic E-state index is -0.637. The van der Waals surface area contributed by atoms with E-state index in [1.165, 1.54) is 18.0 Å². The van der Waals surface area contributed by atoms with Gasteiger partial charge in [-0.25, -0.2) is 9.97 Å². The molecule has 7 heteroatoms. The summed E-state index contributed by atoms with van der Waals surface area (Å²) >= 11 is 0. The zero-order valence-electron chi connectivity index (χ0n) is 15.1. The number of methoxy groups -OCH3 is 1. The Morgan fingerprint density at radius 1 is 1.27 bits per heavy atom. The molecule has 0 aliphatic rings. The molecule has 26 heavy (non-hydrogen) atoms. The maximum Gasteiger partial charge on any atom is 0.268 e. The molecule has 0 saturated carbocycles. The predicted molar refractivity (Wildman–Crippen MR) is 99.4 cm³/mol. The van der Waals surface area contributed by atoms with Gasteiger partial charge in [-0.2, -0.15) is 0 Å². The van der Waals surface area contributed by atoms with Gasteiger partial charge in [-0.1, -0.05) is 11.6 Å². The molecule has 0 fully saturated rings. The second-order valence-corrected chi connectivity index (χ2v) is 5.93. The van der Waals surface area contributed by atoms with E-state index >= 15 is 0 Å². The molecule has 1 aromatic carbocycles. The number of ether oxygens (including phenoxy) is 2. The van der Waals surface area contributed by atoms with Gasteiger partial charge in [-0.3, -0.25) is 4.79 Å². The highest BCUT2D eigenvalue weighted by atomic mass is 16.5. The first-order valence-electron chi connectivity index (χ1n) is 8.31. The Balaban J connectivity index is 1.97. The minimum absolute atomic E-state index is 0.0809. The lowest BCUT2D eigenvalue weighted by Gasteiger charge is -2.12. The van der Waals surface area contributed by atoms with Crippen molar-refractivity contribution in [2.24, 2.45) is 5.73 Å².